The van der Waals surface area contributed by atoms with E-state index in [2.05, 4.69) is 0 Å². The number of ether oxygens (including phenoxy) is 1. The van der Waals surface area contributed by atoms with Crippen molar-refractivity contribution in [1.82, 2.24) is 4.90 Å². The molecule has 0 spiro atoms. The van der Waals surface area contributed by atoms with Crippen molar-refractivity contribution in [2.24, 2.45) is 11.8 Å². The second kappa shape index (κ2) is 7.36. The molecule has 1 aromatic rings. The summed E-state index contributed by atoms with van der Waals surface area (Å²) in [7, 11) is 0. The highest BCUT2D eigenvalue weighted by Crippen LogP contribution is 2.44. The molecule has 6 heteroatoms. The minimum Gasteiger partial charge on any atom is -0.444 e. The molecule has 1 heterocycles. The zero-order valence-corrected chi connectivity index (χ0v) is 16.2. The van der Waals surface area contributed by atoms with Gasteiger partial charge in [0.15, 0.2) is 0 Å². The van der Waals surface area contributed by atoms with Crippen molar-refractivity contribution in [2.45, 2.75) is 70.7 Å². The number of amides is 1. The van der Waals surface area contributed by atoms with Crippen LogP contribution in [0, 0.1) is 11.8 Å². The van der Waals surface area contributed by atoms with Crippen LogP contribution in [-0.2, 0) is 10.9 Å². The van der Waals surface area contributed by atoms with E-state index in [0.717, 1.165) is 37.0 Å². The minimum absolute atomic E-state index is 0.235. The van der Waals surface area contributed by atoms with E-state index in [1.54, 1.807) is 4.90 Å². The molecule has 3 unspecified atom stereocenters. The number of carbonyl (C=O) groups is 1. The van der Waals surface area contributed by atoms with Gasteiger partial charge in [-0.05, 0) is 63.1 Å². The van der Waals surface area contributed by atoms with Gasteiger partial charge in [0, 0.05) is 6.54 Å². The Labute approximate surface area is 158 Å². The summed E-state index contributed by atoms with van der Waals surface area (Å²) in [5.74, 6) is 0.974. The van der Waals surface area contributed by atoms with Crippen LogP contribution in [0.3, 0.4) is 0 Å². The third-order valence-corrected chi connectivity index (χ3v) is 5.65. The molecular formula is C21H28F3NO2. The van der Waals surface area contributed by atoms with E-state index in [1.165, 1.54) is 25.0 Å². The van der Waals surface area contributed by atoms with Gasteiger partial charge in [0.2, 0.25) is 0 Å². The van der Waals surface area contributed by atoms with Gasteiger partial charge in [-0.2, -0.15) is 13.2 Å². The van der Waals surface area contributed by atoms with Gasteiger partial charge in [-0.3, -0.25) is 0 Å². The second-order valence-electron chi connectivity index (χ2n) is 8.81. The fraction of sp³-hybridized carbons (Fsp3) is 0.667. The lowest BCUT2D eigenvalue weighted by molar-refractivity contribution is -0.137. The Kier molecular flexibility index (Phi) is 5.46. The van der Waals surface area contributed by atoms with Crippen LogP contribution in [0.5, 0.6) is 0 Å². The first-order valence-electron chi connectivity index (χ1n) is 9.71. The van der Waals surface area contributed by atoms with Crippen LogP contribution >= 0.6 is 0 Å². The number of nitrogens with zero attached hydrogens (tertiary/aromatic N) is 1. The average Bonchev–Trinajstić information content (AvgIpc) is 2.58. The average molecular weight is 383 g/mol. The highest BCUT2D eigenvalue weighted by atomic mass is 19.4. The van der Waals surface area contributed by atoms with Gasteiger partial charge in [0.1, 0.15) is 5.60 Å². The van der Waals surface area contributed by atoms with E-state index in [1.807, 2.05) is 20.8 Å². The lowest BCUT2D eigenvalue weighted by Crippen LogP contribution is -2.48. The molecule has 0 radical (unpaired) electrons. The van der Waals surface area contributed by atoms with E-state index in [4.69, 9.17) is 4.74 Å². The highest BCUT2D eigenvalue weighted by molar-refractivity contribution is 5.69. The fourth-order valence-electron chi connectivity index (χ4n) is 4.36. The molecule has 3 atom stereocenters. The summed E-state index contributed by atoms with van der Waals surface area (Å²) in [4.78, 5) is 14.6. The Balaban J connectivity index is 1.87. The smallest absolute Gasteiger partial charge is 0.416 e. The van der Waals surface area contributed by atoms with Crippen molar-refractivity contribution in [3.05, 3.63) is 35.4 Å². The van der Waals surface area contributed by atoms with Crippen LogP contribution in [0.2, 0.25) is 0 Å². The van der Waals surface area contributed by atoms with Crippen LogP contribution in [0.1, 0.15) is 70.0 Å². The summed E-state index contributed by atoms with van der Waals surface area (Å²) in [6.45, 7) is 6.09. The summed E-state index contributed by atoms with van der Waals surface area (Å²) in [5.41, 5.74) is -0.523. The lowest BCUT2D eigenvalue weighted by Gasteiger charge is -2.46. The van der Waals surface area contributed by atoms with Crippen LogP contribution in [0.4, 0.5) is 18.0 Å². The molecule has 2 fully saturated rings. The molecule has 0 N–H and O–H groups in total. The molecular weight excluding hydrogens is 355 g/mol. The van der Waals surface area contributed by atoms with Gasteiger partial charge in [0.05, 0.1) is 11.6 Å². The molecule has 2 aliphatic rings. The summed E-state index contributed by atoms with van der Waals surface area (Å²) in [6.07, 6.45) is 0.644. The topological polar surface area (TPSA) is 29.5 Å². The predicted molar refractivity (Wildman–Crippen MR) is 97.2 cm³/mol. The molecule has 1 amide bonds. The van der Waals surface area contributed by atoms with Crippen molar-refractivity contribution in [1.29, 1.82) is 0 Å². The first kappa shape index (κ1) is 20.0. The van der Waals surface area contributed by atoms with Crippen LogP contribution in [-0.4, -0.2) is 23.1 Å². The second-order valence-corrected chi connectivity index (χ2v) is 8.81. The van der Waals surface area contributed by atoms with Gasteiger partial charge < -0.3 is 9.64 Å². The molecule has 150 valence electrons. The number of hydrogen-bond acceptors (Lipinski definition) is 2. The standard InChI is InChI=1S/C21H28F3NO2/c1-20(2,3)27-19(26)25-13-16-7-5-4-6-15(16)12-18(25)14-8-10-17(11-9-14)21(22,23)24/h8-11,15-16,18H,4-7,12-13H2,1-3H3. The Bertz CT molecular complexity index is 663. The Morgan fingerprint density at radius 3 is 2.19 bits per heavy atom. The van der Waals surface area contributed by atoms with Crippen molar-refractivity contribution in [3.8, 4) is 0 Å². The zero-order chi connectivity index (χ0) is 19.8. The molecule has 1 aromatic carbocycles. The van der Waals surface area contributed by atoms with Crippen molar-refractivity contribution >= 4 is 6.09 Å². The van der Waals surface area contributed by atoms with Crippen molar-refractivity contribution < 1.29 is 22.7 Å². The fourth-order valence-corrected chi connectivity index (χ4v) is 4.36. The summed E-state index contributed by atoms with van der Waals surface area (Å²) in [6, 6.07) is 4.99. The maximum absolute atomic E-state index is 12.9. The number of rotatable bonds is 1. The normalized spacial score (nSPS) is 26.4. The molecule has 1 saturated carbocycles. The minimum atomic E-state index is -4.36. The molecule has 27 heavy (non-hydrogen) atoms. The Morgan fingerprint density at radius 2 is 1.63 bits per heavy atom. The molecule has 3 nitrogen and oxygen atoms in total. The van der Waals surface area contributed by atoms with Crippen LogP contribution in [0.15, 0.2) is 24.3 Å². The predicted octanol–water partition coefficient (Wildman–Crippen LogP) is 6.19. The summed E-state index contributed by atoms with van der Waals surface area (Å²) < 4.78 is 44.3. The van der Waals surface area contributed by atoms with Crippen LogP contribution in [0.25, 0.3) is 0 Å². The Hall–Kier alpha value is -1.72. The quantitative estimate of drug-likeness (QED) is 0.578. The van der Waals surface area contributed by atoms with E-state index in [0.29, 0.717) is 18.4 Å². The number of benzene rings is 1. The van der Waals surface area contributed by atoms with E-state index in [-0.39, 0.29) is 12.1 Å². The molecule has 1 aliphatic heterocycles. The Morgan fingerprint density at radius 1 is 1.04 bits per heavy atom. The largest absolute Gasteiger partial charge is 0.444 e. The van der Waals surface area contributed by atoms with Gasteiger partial charge in [-0.1, -0.05) is 31.4 Å². The maximum atomic E-state index is 12.9. The number of likely N-dealkylation sites (tertiary alicyclic amines) is 1. The van der Waals surface area contributed by atoms with Crippen molar-refractivity contribution in [2.75, 3.05) is 6.54 Å². The third-order valence-electron chi connectivity index (χ3n) is 5.65. The third kappa shape index (κ3) is 4.77. The number of halogens is 3. The molecule has 0 aromatic heterocycles. The SMILES string of the molecule is CC(C)(C)OC(=O)N1CC2CCCCC2CC1c1ccc(C(F)(F)F)cc1. The van der Waals surface area contributed by atoms with Gasteiger partial charge in [0.25, 0.3) is 0 Å². The zero-order valence-electron chi connectivity index (χ0n) is 16.2. The number of carbonyl (C=O) groups excluding carboxylic acids is 1. The summed E-state index contributed by atoms with van der Waals surface area (Å²) in [5, 5.41) is 0. The van der Waals surface area contributed by atoms with Crippen LogP contribution < -0.4 is 0 Å². The van der Waals surface area contributed by atoms with Gasteiger partial charge >= 0.3 is 12.3 Å². The number of alkyl halides is 3. The molecule has 1 saturated heterocycles. The maximum Gasteiger partial charge on any atom is 0.416 e. The molecule has 0 bridgehead atoms. The lowest BCUT2D eigenvalue weighted by atomic mass is 9.72. The van der Waals surface area contributed by atoms with Crippen molar-refractivity contribution in [3.63, 3.8) is 0 Å². The van der Waals surface area contributed by atoms with E-state index < -0.39 is 17.3 Å². The van der Waals surface area contributed by atoms with E-state index >= 15 is 0 Å². The summed E-state index contributed by atoms with van der Waals surface area (Å²) >= 11 is 0. The number of piperidine rings is 1. The first-order valence-corrected chi connectivity index (χ1v) is 9.71. The number of fused-ring (bicyclic) bond motifs is 1. The first-order chi connectivity index (χ1) is 12.5. The monoisotopic (exact) mass is 383 g/mol. The van der Waals surface area contributed by atoms with E-state index in [9.17, 15) is 18.0 Å². The highest BCUT2D eigenvalue weighted by Gasteiger charge is 2.41. The van der Waals surface area contributed by atoms with Gasteiger partial charge in [-0.25, -0.2) is 4.79 Å². The number of hydrogen-bond donors (Lipinski definition) is 0. The van der Waals surface area contributed by atoms with Gasteiger partial charge in [-0.15, -0.1) is 0 Å². The molecule has 3 rings (SSSR count). The molecule has 1 aliphatic carbocycles.